The van der Waals surface area contributed by atoms with E-state index < -0.39 is 0 Å². The zero-order chi connectivity index (χ0) is 10.4. The standard InChI is InChI=1S/C11H8FN3/c12-6-1-2-7-8-4-11(13)14-5-10(8)15-9(7)3-6/h1-5,15H,(H2,13,14). The van der Waals surface area contributed by atoms with Gasteiger partial charge in [0.25, 0.3) is 0 Å². The third kappa shape index (κ3) is 1.15. The summed E-state index contributed by atoms with van der Waals surface area (Å²) in [6, 6.07) is 6.42. The Morgan fingerprint density at radius 3 is 2.87 bits per heavy atom. The predicted molar refractivity (Wildman–Crippen MR) is 58.0 cm³/mol. The van der Waals surface area contributed by atoms with Gasteiger partial charge in [-0.05, 0) is 24.3 Å². The van der Waals surface area contributed by atoms with Crippen molar-refractivity contribution in [3.63, 3.8) is 0 Å². The van der Waals surface area contributed by atoms with Gasteiger partial charge in [-0.3, -0.25) is 0 Å². The summed E-state index contributed by atoms with van der Waals surface area (Å²) < 4.78 is 13.0. The highest BCUT2D eigenvalue weighted by molar-refractivity contribution is 6.07. The van der Waals surface area contributed by atoms with Crippen LogP contribution in [0.1, 0.15) is 0 Å². The number of benzene rings is 1. The number of hydrogen-bond donors (Lipinski definition) is 2. The van der Waals surface area contributed by atoms with Gasteiger partial charge in [0.2, 0.25) is 0 Å². The van der Waals surface area contributed by atoms with Crippen molar-refractivity contribution >= 4 is 27.6 Å². The Labute approximate surface area is 84.7 Å². The lowest BCUT2D eigenvalue weighted by atomic mass is 10.2. The van der Waals surface area contributed by atoms with E-state index in [9.17, 15) is 4.39 Å². The SMILES string of the molecule is Nc1cc2c(cn1)[nH]c1cc(F)ccc12. The van der Waals surface area contributed by atoms with Crippen molar-refractivity contribution in [3.8, 4) is 0 Å². The van der Waals surface area contributed by atoms with Gasteiger partial charge in [0.15, 0.2) is 0 Å². The number of nitrogens with zero attached hydrogens (tertiary/aromatic N) is 1. The molecule has 2 aromatic heterocycles. The first-order chi connectivity index (χ1) is 7.24. The van der Waals surface area contributed by atoms with Crippen LogP contribution >= 0.6 is 0 Å². The van der Waals surface area contributed by atoms with Gasteiger partial charge in [0.1, 0.15) is 11.6 Å². The van der Waals surface area contributed by atoms with Crippen LogP contribution in [0.5, 0.6) is 0 Å². The van der Waals surface area contributed by atoms with E-state index in [0.29, 0.717) is 5.82 Å². The Kier molecular flexibility index (Phi) is 1.48. The maximum atomic E-state index is 13.0. The lowest BCUT2D eigenvalue weighted by molar-refractivity contribution is 0.629. The van der Waals surface area contributed by atoms with Gasteiger partial charge < -0.3 is 10.7 Å². The number of halogens is 1. The number of rotatable bonds is 0. The van der Waals surface area contributed by atoms with Gasteiger partial charge in [-0.15, -0.1) is 0 Å². The minimum Gasteiger partial charge on any atom is -0.384 e. The van der Waals surface area contributed by atoms with Crippen LogP contribution in [0.2, 0.25) is 0 Å². The van der Waals surface area contributed by atoms with E-state index in [2.05, 4.69) is 9.97 Å². The fourth-order valence-electron chi connectivity index (χ4n) is 1.79. The average Bonchev–Trinajstić information content (AvgIpc) is 2.54. The van der Waals surface area contributed by atoms with Crippen LogP contribution in [-0.2, 0) is 0 Å². The number of pyridine rings is 1. The van der Waals surface area contributed by atoms with E-state index in [4.69, 9.17) is 5.73 Å². The van der Waals surface area contributed by atoms with Crippen LogP contribution in [-0.4, -0.2) is 9.97 Å². The summed E-state index contributed by atoms with van der Waals surface area (Å²) >= 11 is 0. The fraction of sp³-hybridized carbons (Fsp3) is 0. The molecule has 3 nitrogen and oxygen atoms in total. The van der Waals surface area contributed by atoms with Crippen molar-refractivity contribution in [1.29, 1.82) is 0 Å². The largest absolute Gasteiger partial charge is 0.384 e. The number of nitrogens with one attached hydrogen (secondary N) is 1. The molecule has 0 amide bonds. The second kappa shape index (κ2) is 2.70. The number of nitrogens with two attached hydrogens (primary N) is 1. The Bertz CT molecular complexity index is 657. The van der Waals surface area contributed by atoms with Crippen LogP contribution in [0.25, 0.3) is 21.8 Å². The van der Waals surface area contributed by atoms with Gasteiger partial charge in [-0.25, -0.2) is 9.37 Å². The number of H-pyrrole nitrogens is 1. The zero-order valence-corrected chi connectivity index (χ0v) is 7.79. The Morgan fingerprint density at radius 2 is 2.00 bits per heavy atom. The molecule has 0 aliphatic rings. The lowest BCUT2D eigenvalue weighted by Crippen LogP contribution is -1.87. The number of nitrogen functional groups attached to an aromatic ring is 1. The van der Waals surface area contributed by atoms with Gasteiger partial charge in [-0.1, -0.05) is 0 Å². The third-order valence-electron chi connectivity index (χ3n) is 2.47. The molecular formula is C11H8FN3. The quantitative estimate of drug-likeness (QED) is 0.587. The molecule has 15 heavy (non-hydrogen) atoms. The average molecular weight is 201 g/mol. The highest BCUT2D eigenvalue weighted by Gasteiger charge is 2.05. The number of aromatic amines is 1. The first kappa shape index (κ1) is 8.23. The second-order valence-electron chi connectivity index (χ2n) is 3.47. The highest BCUT2D eigenvalue weighted by atomic mass is 19.1. The molecule has 0 saturated heterocycles. The van der Waals surface area contributed by atoms with Crippen molar-refractivity contribution in [2.75, 3.05) is 5.73 Å². The van der Waals surface area contributed by atoms with Crippen LogP contribution < -0.4 is 5.73 Å². The molecule has 3 rings (SSSR count). The predicted octanol–water partition coefficient (Wildman–Crippen LogP) is 2.44. The molecule has 0 aliphatic heterocycles. The molecule has 0 unspecified atom stereocenters. The molecule has 2 heterocycles. The number of anilines is 1. The third-order valence-corrected chi connectivity index (χ3v) is 2.47. The van der Waals surface area contributed by atoms with Crippen molar-refractivity contribution < 1.29 is 4.39 Å². The van der Waals surface area contributed by atoms with Gasteiger partial charge in [0, 0.05) is 16.3 Å². The maximum Gasteiger partial charge on any atom is 0.125 e. The minimum atomic E-state index is -0.255. The molecule has 0 spiro atoms. The van der Waals surface area contributed by atoms with Crippen molar-refractivity contribution in [2.24, 2.45) is 0 Å². The van der Waals surface area contributed by atoms with E-state index in [1.54, 1.807) is 18.3 Å². The molecule has 3 aromatic rings. The van der Waals surface area contributed by atoms with Crippen LogP contribution in [0, 0.1) is 5.82 Å². The topological polar surface area (TPSA) is 54.7 Å². The molecule has 4 heteroatoms. The summed E-state index contributed by atoms with van der Waals surface area (Å²) in [6.45, 7) is 0. The van der Waals surface area contributed by atoms with Crippen molar-refractivity contribution in [1.82, 2.24) is 9.97 Å². The molecule has 74 valence electrons. The first-order valence-corrected chi connectivity index (χ1v) is 4.56. The van der Waals surface area contributed by atoms with Crippen molar-refractivity contribution in [3.05, 3.63) is 36.3 Å². The Balaban J connectivity index is 2.53. The molecule has 1 aromatic carbocycles. The zero-order valence-electron chi connectivity index (χ0n) is 7.79. The maximum absolute atomic E-state index is 13.0. The van der Waals surface area contributed by atoms with Crippen LogP contribution in [0.4, 0.5) is 10.2 Å². The van der Waals surface area contributed by atoms with E-state index in [-0.39, 0.29) is 5.82 Å². The molecule has 3 N–H and O–H groups in total. The molecule has 0 bridgehead atoms. The van der Waals surface area contributed by atoms with Crippen LogP contribution in [0.15, 0.2) is 30.5 Å². The van der Waals surface area contributed by atoms with E-state index >= 15 is 0 Å². The first-order valence-electron chi connectivity index (χ1n) is 4.56. The highest BCUT2D eigenvalue weighted by Crippen LogP contribution is 2.26. The lowest BCUT2D eigenvalue weighted by Gasteiger charge is -1.92. The second-order valence-corrected chi connectivity index (χ2v) is 3.47. The van der Waals surface area contributed by atoms with Crippen LogP contribution in [0.3, 0.4) is 0 Å². The Hall–Kier alpha value is -2.10. The Morgan fingerprint density at radius 1 is 1.13 bits per heavy atom. The van der Waals surface area contributed by atoms with Crippen molar-refractivity contribution in [2.45, 2.75) is 0 Å². The van der Waals surface area contributed by atoms with Gasteiger partial charge >= 0.3 is 0 Å². The molecule has 0 aliphatic carbocycles. The smallest absolute Gasteiger partial charge is 0.125 e. The molecular weight excluding hydrogens is 193 g/mol. The summed E-state index contributed by atoms with van der Waals surface area (Å²) in [4.78, 5) is 7.07. The van der Waals surface area contributed by atoms with Gasteiger partial charge in [-0.2, -0.15) is 0 Å². The van der Waals surface area contributed by atoms with E-state index in [1.165, 1.54) is 12.1 Å². The molecule has 0 radical (unpaired) electrons. The number of fused-ring (bicyclic) bond motifs is 3. The monoisotopic (exact) mass is 201 g/mol. The fourth-order valence-corrected chi connectivity index (χ4v) is 1.79. The van der Waals surface area contributed by atoms with Gasteiger partial charge in [0.05, 0.1) is 11.7 Å². The van der Waals surface area contributed by atoms with E-state index in [0.717, 1.165) is 21.8 Å². The number of aromatic nitrogens is 2. The normalized spacial score (nSPS) is 11.3. The summed E-state index contributed by atoms with van der Waals surface area (Å²) in [5.74, 6) is 0.211. The molecule has 0 saturated carbocycles. The molecule has 0 atom stereocenters. The summed E-state index contributed by atoms with van der Waals surface area (Å²) in [5.41, 5.74) is 7.23. The number of hydrogen-bond acceptors (Lipinski definition) is 2. The summed E-state index contributed by atoms with van der Waals surface area (Å²) in [7, 11) is 0. The van der Waals surface area contributed by atoms with E-state index in [1.807, 2.05) is 0 Å². The minimum absolute atomic E-state index is 0.255. The summed E-state index contributed by atoms with van der Waals surface area (Å²) in [6.07, 6.45) is 1.66. The molecule has 0 fully saturated rings. The summed E-state index contributed by atoms with van der Waals surface area (Å²) in [5, 5.41) is 1.93.